The lowest BCUT2D eigenvalue weighted by atomic mass is 9.79. The molecule has 2 aromatic rings. The number of nitrogens with one attached hydrogen (secondary N) is 1. The molecule has 0 aliphatic carbocycles. The first-order valence-corrected chi connectivity index (χ1v) is 8.65. The summed E-state index contributed by atoms with van der Waals surface area (Å²) in [7, 11) is 0. The van der Waals surface area contributed by atoms with Crippen LogP contribution in [-0.4, -0.2) is 36.0 Å². The van der Waals surface area contributed by atoms with Crippen LogP contribution < -0.4 is 15.8 Å². The number of ether oxygens (including phenoxy) is 2. The molecule has 0 bridgehead atoms. The van der Waals surface area contributed by atoms with Crippen LogP contribution in [0.5, 0.6) is 5.75 Å². The molecule has 1 amide bonds. The number of fused-ring (bicyclic) bond motifs is 2. The van der Waals surface area contributed by atoms with E-state index in [0.29, 0.717) is 5.56 Å². The van der Waals surface area contributed by atoms with Crippen molar-refractivity contribution in [2.75, 3.05) is 18.5 Å². The van der Waals surface area contributed by atoms with E-state index in [9.17, 15) is 13.6 Å². The van der Waals surface area contributed by atoms with Crippen molar-refractivity contribution in [3.8, 4) is 11.8 Å². The standard InChI is InChI=1S/C19H15F2N5O3/c20-19(21)10-29-17(23)26-18(19)5-6-28-15-4-2-12(7-13(15)18)25-16(27)14-3-1-11(8-22)9-24-14/h1-4,7,9H,5-6,10H2,(H2,23,26)(H,25,27)/t18-/m1/s1. The molecular weight excluding hydrogens is 384 g/mol. The fourth-order valence-electron chi connectivity index (χ4n) is 3.37. The normalized spacial score (nSPS) is 21.8. The van der Waals surface area contributed by atoms with Gasteiger partial charge in [-0.25, -0.2) is 9.98 Å². The van der Waals surface area contributed by atoms with Crippen molar-refractivity contribution in [1.82, 2.24) is 4.98 Å². The average Bonchev–Trinajstić information content (AvgIpc) is 2.72. The summed E-state index contributed by atoms with van der Waals surface area (Å²) in [4.78, 5) is 20.3. The highest BCUT2D eigenvalue weighted by Gasteiger charge is 2.60. The average molecular weight is 399 g/mol. The van der Waals surface area contributed by atoms with E-state index in [2.05, 4.69) is 15.3 Å². The van der Waals surface area contributed by atoms with Gasteiger partial charge in [0.25, 0.3) is 11.9 Å². The minimum absolute atomic E-state index is 0.0419. The molecule has 0 saturated carbocycles. The van der Waals surface area contributed by atoms with Crippen molar-refractivity contribution in [3.05, 3.63) is 53.3 Å². The molecule has 8 nitrogen and oxygen atoms in total. The highest BCUT2D eigenvalue weighted by atomic mass is 19.3. The lowest BCUT2D eigenvalue weighted by Crippen LogP contribution is -2.54. The number of carbonyl (C=O) groups excluding carboxylic acids is 1. The van der Waals surface area contributed by atoms with Gasteiger partial charge in [0.05, 0.1) is 12.2 Å². The Bertz CT molecular complexity index is 1050. The number of aromatic nitrogens is 1. The molecule has 4 rings (SSSR count). The number of pyridine rings is 1. The summed E-state index contributed by atoms with van der Waals surface area (Å²) in [6.07, 6.45) is 1.18. The SMILES string of the molecule is N#Cc1ccc(C(=O)Nc2ccc3c(c2)[C@@]2(CCO3)N=C(N)OCC2(F)F)nc1. The molecule has 1 atom stereocenters. The number of hydrogen-bond acceptors (Lipinski definition) is 7. The van der Waals surface area contributed by atoms with Crippen molar-refractivity contribution in [2.24, 2.45) is 10.7 Å². The maximum Gasteiger partial charge on any atom is 0.310 e. The molecule has 2 aliphatic rings. The van der Waals surface area contributed by atoms with Crippen LogP contribution in [0.25, 0.3) is 0 Å². The van der Waals surface area contributed by atoms with Crippen LogP contribution in [-0.2, 0) is 10.3 Å². The fraction of sp³-hybridized carbons (Fsp3) is 0.263. The first-order valence-electron chi connectivity index (χ1n) is 8.65. The predicted octanol–water partition coefficient (Wildman–Crippen LogP) is 2.16. The van der Waals surface area contributed by atoms with E-state index in [1.165, 1.54) is 36.5 Å². The zero-order chi connectivity index (χ0) is 20.6. The summed E-state index contributed by atoms with van der Waals surface area (Å²) in [6.45, 7) is -0.853. The molecule has 1 aromatic carbocycles. The van der Waals surface area contributed by atoms with Gasteiger partial charge in [-0.15, -0.1) is 0 Å². The van der Waals surface area contributed by atoms with Gasteiger partial charge in [0.1, 0.15) is 17.5 Å². The number of alkyl halides is 2. The third kappa shape index (κ3) is 3.10. The number of nitrogens with zero attached hydrogens (tertiary/aromatic N) is 3. The first kappa shape index (κ1) is 18.6. The Morgan fingerprint density at radius 2 is 2.10 bits per heavy atom. The number of anilines is 1. The molecule has 3 heterocycles. The molecule has 3 N–H and O–H groups in total. The number of nitrogens with two attached hydrogens (primary N) is 1. The molecule has 0 unspecified atom stereocenters. The summed E-state index contributed by atoms with van der Waals surface area (Å²) >= 11 is 0. The minimum atomic E-state index is -3.31. The van der Waals surface area contributed by atoms with E-state index >= 15 is 0 Å². The molecule has 0 fully saturated rings. The Balaban J connectivity index is 1.69. The van der Waals surface area contributed by atoms with Crippen molar-refractivity contribution < 1.29 is 23.0 Å². The molecule has 1 aromatic heterocycles. The van der Waals surface area contributed by atoms with Crippen LogP contribution >= 0.6 is 0 Å². The van der Waals surface area contributed by atoms with Crippen LogP contribution in [0.4, 0.5) is 14.5 Å². The number of amides is 1. The summed E-state index contributed by atoms with van der Waals surface area (Å²) in [6, 6.07) is 8.86. The molecular formula is C19H15F2N5O3. The van der Waals surface area contributed by atoms with Crippen molar-refractivity contribution in [1.29, 1.82) is 5.26 Å². The van der Waals surface area contributed by atoms with Crippen LogP contribution in [0.3, 0.4) is 0 Å². The number of carbonyl (C=O) groups is 1. The Hall–Kier alpha value is -3.74. The summed E-state index contributed by atoms with van der Waals surface area (Å²) < 4.78 is 40.0. The highest BCUT2D eigenvalue weighted by Crippen LogP contribution is 2.51. The number of hydrogen-bond donors (Lipinski definition) is 2. The van der Waals surface area contributed by atoms with E-state index in [0.717, 1.165) is 0 Å². The van der Waals surface area contributed by atoms with Gasteiger partial charge in [0.2, 0.25) is 0 Å². The number of rotatable bonds is 2. The van der Waals surface area contributed by atoms with E-state index in [-0.39, 0.29) is 41.7 Å². The van der Waals surface area contributed by atoms with Gasteiger partial charge < -0.3 is 20.5 Å². The molecule has 148 valence electrons. The third-order valence-corrected chi connectivity index (χ3v) is 4.84. The second kappa shape index (κ2) is 6.70. The van der Waals surface area contributed by atoms with Gasteiger partial charge in [-0.1, -0.05) is 0 Å². The Kier molecular flexibility index (Phi) is 4.30. The molecule has 1 spiro atoms. The van der Waals surface area contributed by atoms with E-state index in [4.69, 9.17) is 20.5 Å². The number of amidine groups is 1. The number of aliphatic imine (C=N–C) groups is 1. The van der Waals surface area contributed by atoms with Gasteiger partial charge in [0, 0.05) is 23.9 Å². The lowest BCUT2D eigenvalue weighted by molar-refractivity contribution is -0.132. The fourth-order valence-corrected chi connectivity index (χ4v) is 3.37. The second-order valence-electron chi connectivity index (χ2n) is 6.61. The number of nitriles is 1. The molecule has 10 heteroatoms. The molecule has 2 aliphatic heterocycles. The molecule has 29 heavy (non-hydrogen) atoms. The lowest BCUT2D eigenvalue weighted by Gasteiger charge is -2.43. The largest absolute Gasteiger partial charge is 0.493 e. The van der Waals surface area contributed by atoms with Gasteiger partial charge in [-0.2, -0.15) is 14.0 Å². The van der Waals surface area contributed by atoms with E-state index in [1.54, 1.807) is 0 Å². The highest BCUT2D eigenvalue weighted by molar-refractivity contribution is 6.03. The van der Waals surface area contributed by atoms with Crippen LogP contribution in [0.1, 0.15) is 28.0 Å². The zero-order valence-electron chi connectivity index (χ0n) is 15.0. The summed E-state index contributed by atoms with van der Waals surface area (Å²) in [5, 5.41) is 11.4. The van der Waals surface area contributed by atoms with Gasteiger partial charge in [0.15, 0.2) is 12.1 Å². The Labute approximate surface area is 164 Å². The van der Waals surface area contributed by atoms with Crippen LogP contribution in [0, 0.1) is 11.3 Å². The van der Waals surface area contributed by atoms with Crippen molar-refractivity contribution in [3.63, 3.8) is 0 Å². The minimum Gasteiger partial charge on any atom is -0.493 e. The zero-order valence-corrected chi connectivity index (χ0v) is 15.0. The van der Waals surface area contributed by atoms with Crippen molar-refractivity contribution >= 4 is 17.6 Å². The molecule has 0 radical (unpaired) electrons. The van der Waals surface area contributed by atoms with Gasteiger partial charge in [-0.05, 0) is 30.3 Å². The predicted molar refractivity (Wildman–Crippen MR) is 97.7 cm³/mol. The van der Waals surface area contributed by atoms with E-state index in [1.807, 2.05) is 6.07 Å². The Morgan fingerprint density at radius 3 is 2.83 bits per heavy atom. The first-order chi connectivity index (χ1) is 13.8. The number of benzene rings is 1. The Morgan fingerprint density at radius 1 is 1.28 bits per heavy atom. The molecule has 0 saturated heterocycles. The number of halogens is 2. The summed E-state index contributed by atoms with van der Waals surface area (Å²) in [5.41, 5.74) is 4.42. The summed E-state index contributed by atoms with van der Waals surface area (Å²) in [5.74, 6) is -3.63. The quantitative estimate of drug-likeness (QED) is 0.798. The maximum absolute atomic E-state index is 14.9. The topological polar surface area (TPSA) is 123 Å². The second-order valence-corrected chi connectivity index (χ2v) is 6.61. The van der Waals surface area contributed by atoms with Gasteiger partial charge in [-0.3, -0.25) is 4.79 Å². The maximum atomic E-state index is 14.9. The monoisotopic (exact) mass is 399 g/mol. The van der Waals surface area contributed by atoms with Gasteiger partial charge >= 0.3 is 5.92 Å². The van der Waals surface area contributed by atoms with Crippen molar-refractivity contribution in [2.45, 2.75) is 17.9 Å². The van der Waals surface area contributed by atoms with Crippen LogP contribution in [0.2, 0.25) is 0 Å². The van der Waals surface area contributed by atoms with E-state index < -0.39 is 24.0 Å². The van der Waals surface area contributed by atoms with Crippen LogP contribution in [0.15, 0.2) is 41.5 Å². The third-order valence-electron chi connectivity index (χ3n) is 4.84. The smallest absolute Gasteiger partial charge is 0.310 e.